The van der Waals surface area contributed by atoms with Gasteiger partial charge in [-0.2, -0.15) is 0 Å². The van der Waals surface area contributed by atoms with Crippen LogP contribution in [-0.2, 0) is 4.74 Å². The normalized spacial score (nSPS) is 19.2. The number of nitrogens with one attached hydrogen (secondary N) is 1. The Balaban J connectivity index is 2.25. The van der Waals surface area contributed by atoms with E-state index in [-0.39, 0.29) is 12.1 Å². The van der Waals surface area contributed by atoms with Crippen LogP contribution in [0, 0.1) is 0 Å². The van der Waals surface area contributed by atoms with Gasteiger partial charge in [0.05, 0.1) is 13.2 Å². The molecule has 1 aromatic heterocycles. The first-order valence-corrected chi connectivity index (χ1v) is 7.11. The van der Waals surface area contributed by atoms with Gasteiger partial charge < -0.3 is 14.8 Å². The van der Waals surface area contributed by atoms with Gasteiger partial charge in [-0.1, -0.05) is 0 Å². The molecule has 1 N–H and O–H groups in total. The number of methoxy groups -OCH3 is 1. The average Bonchev–Trinajstić information content (AvgIpc) is 2.45. The van der Waals surface area contributed by atoms with Gasteiger partial charge in [-0.25, -0.2) is 4.79 Å². The van der Waals surface area contributed by atoms with Crippen molar-refractivity contribution < 1.29 is 14.3 Å². The lowest BCUT2D eigenvalue weighted by Gasteiger charge is -2.37. The zero-order valence-electron chi connectivity index (χ0n) is 13.0. The van der Waals surface area contributed by atoms with Crippen LogP contribution < -0.4 is 10.1 Å². The maximum atomic E-state index is 12.4. The van der Waals surface area contributed by atoms with E-state index in [0.29, 0.717) is 18.8 Å². The van der Waals surface area contributed by atoms with Gasteiger partial charge >= 0.3 is 6.09 Å². The van der Waals surface area contributed by atoms with Crippen molar-refractivity contribution in [3.63, 3.8) is 0 Å². The van der Waals surface area contributed by atoms with Crippen LogP contribution in [-0.4, -0.2) is 48.3 Å². The number of amides is 1. The predicted octanol–water partition coefficient (Wildman–Crippen LogP) is 1.97. The number of rotatable bonds is 2. The molecule has 1 aromatic rings. The van der Waals surface area contributed by atoms with Crippen LogP contribution in [0.4, 0.5) is 4.79 Å². The Hall–Kier alpha value is -1.82. The Kier molecular flexibility index (Phi) is 4.67. The fourth-order valence-electron chi connectivity index (χ4n) is 2.31. The Bertz CT molecular complexity index is 499. The lowest BCUT2D eigenvalue weighted by atomic mass is 10.1. The third kappa shape index (κ3) is 3.85. The van der Waals surface area contributed by atoms with Gasteiger partial charge in [0, 0.05) is 25.8 Å². The summed E-state index contributed by atoms with van der Waals surface area (Å²) in [5.41, 5.74) is 0.235. The number of ether oxygens (including phenoxy) is 2. The van der Waals surface area contributed by atoms with Gasteiger partial charge in [0.1, 0.15) is 17.0 Å². The smallest absolute Gasteiger partial charge is 0.410 e. The summed E-state index contributed by atoms with van der Waals surface area (Å²) in [7, 11) is 1.61. The molecule has 21 heavy (non-hydrogen) atoms. The van der Waals surface area contributed by atoms with Crippen molar-refractivity contribution in [1.82, 2.24) is 15.2 Å². The number of nitrogens with zero attached hydrogens (tertiary/aromatic N) is 2. The van der Waals surface area contributed by atoms with Crippen LogP contribution in [0.3, 0.4) is 0 Å². The molecule has 1 aliphatic heterocycles. The minimum atomic E-state index is -0.513. The second-order valence-electron chi connectivity index (χ2n) is 5.98. The summed E-state index contributed by atoms with van der Waals surface area (Å²) < 4.78 is 10.9. The summed E-state index contributed by atoms with van der Waals surface area (Å²) in [4.78, 5) is 18.5. The van der Waals surface area contributed by atoms with Crippen LogP contribution in [0.25, 0.3) is 0 Å². The number of carbonyl (C=O) groups excluding carboxylic acids is 1. The molecular weight excluding hydrogens is 270 g/mol. The second kappa shape index (κ2) is 6.30. The zero-order chi connectivity index (χ0) is 15.5. The molecule has 1 saturated heterocycles. The van der Waals surface area contributed by atoms with E-state index in [4.69, 9.17) is 9.47 Å². The molecule has 1 aliphatic rings. The highest BCUT2D eigenvalue weighted by Crippen LogP contribution is 2.29. The quantitative estimate of drug-likeness (QED) is 0.903. The molecule has 6 nitrogen and oxygen atoms in total. The average molecular weight is 293 g/mol. The summed E-state index contributed by atoms with van der Waals surface area (Å²) in [6, 6.07) is 3.48. The minimum Gasteiger partial charge on any atom is -0.495 e. The molecule has 6 heteroatoms. The molecule has 2 heterocycles. The van der Waals surface area contributed by atoms with E-state index in [0.717, 1.165) is 12.2 Å². The summed E-state index contributed by atoms with van der Waals surface area (Å²) in [5.74, 6) is 0.680. The van der Waals surface area contributed by atoms with E-state index < -0.39 is 5.60 Å². The Morgan fingerprint density at radius 1 is 1.48 bits per heavy atom. The van der Waals surface area contributed by atoms with E-state index in [1.54, 1.807) is 18.2 Å². The van der Waals surface area contributed by atoms with Crippen LogP contribution >= 0.6 is 0 Å². The first-order valence-electron chi connectivity index (χ1n) is 7.11. The first kappa shape index (κ1) is 15.6. The van der Waals surface area contributed by atoms with Crippen molar-refractivity contribution in [3.05, 3.63) is 24.0 Å². The fraction of sp³-hybridized carbons (Fsp3) is 0.600. The molecule has 0 aromatic carbocycles. The molecule has 0 radical (unpaired) electrons. The van der Waals surface area contributed by atoms with Crippen LogP contribution in [0.5, 0.6) is 5.75 Å². The van der Waals surface area contributed by atoms with Crippen molar-refractivity contribution in [2.45, 2.75) is 32.4 Å². The van der Waals surface area contributed by atoms with Crippen molar-refractivity contribution in [2.75, 3.05) is 26.7 Å². The maximum absolute atomic E-state index is 12.4. The van der Waals surface area contributed by atoms with Gasteiger partial charge in [0.2, 0.25) is 0 Å². The molecule has 0 saturated carbocycles. The number of pyridine rings is 1. The maximum Gasteiger partial charge on any atom is 0.410 e. The highest BCUT2D eigenvalue weighted by molar-refractivity contribution is 5.69. The third-order valence-corrected chi connectivity index (χ3v) is 3.21. The Morgan fingerprint density at radius 2 is 2.24 bits per heavy atom. The van der Waals surface area contributed by atoms with Crippen molar-refractivity contribution in [3.8, 4) is 5.75 Å². The topological polar surface area (TPSA) is 63.7 Å². The van der Waals surface area contributed by atoms with E-state index >= 15 is 0 Å². The molecule has 1 atom stereocenters. The minimum absolute atomic E-state index is 0.190. The van der Waals surface area contributed by atoms with Gasteiger partial charge in [0.15, 0.2) is 0 Å². The molecule has 0 spiro atoms. The summed E-state index contributed by atoms with van der Waals surface area (Å²) >= 11 is 0. The highest BCUT2D eigenvalue weighted by atomic mass is 16.6. The largest absolute Gasteiger partial charge is 0.495 e. The van der Waals surface area contributed by atoms with Crippen molar-refractivity contribution in [1.29, 1.82) is 0 Å². The van der Waals surface area contributed by atoms with Gasteiger partial charge in [-0.05, 0) is 32.9 Å². The van der Waals surface area contributed by atoms with Gasteiger partial charge in [-0.3, -0.25) is 9.88 Å². The molecule has 0 aliphatic carbocycles. The number of hydrogen-bond donors (Lipinski definition) is 1. The monoisotopic (exact) mass is 293 g/mol. The summed E-state index contributed by atoms with van der Waals surface area (Å²) in [5, 5.41) is 3.29. The molecule has 0 bridgehead atoms. The summed E-state index contributed by atoms with van der Waals surface area (Å²) in [6.45, 7) is 7.55. The zero-order valence-corrected chi connectivity index (χ0v) is 13.0. The number of carbonyl (C=O) groups is 1. The van der Waals surface area contributed by atoms with E-state index in [1.165, 1.54) is 0 Å². The molecule has 2 rings (SSSR count). The van der Waals surface area contributed by atoms with Gasteiger partial charge in [-0.15, -0.1) is 0 Å². The van der Waals surface area contributed by atoms with Crippen LogP contribution in [0.15, 0.2) is 18.3 Å². The number of piperazine rings is 1. The van der Waals surface area contributed by atoms with E-state index in [9.17, 15) is 4.79 Å². The predicted molar refractivity (Wildman–Crippen MR) is 79.3 cm³/mol. The SMILES string of the molecule is COc1cccnc1C1CNCCN1C(=O)OC(C)(C)C. The van der Waals surface area contributed by atoms with Crippen LogP contribution in [0.2, 0.25) is 0 Å². The van der Waals surface area contributed by atoms with E-state index in [2.05, 4.69) is 10.3 Å². The van der Waals surface area contributed by atoms with Crippen LogP contribution in [0.1, 0.15) is 32.5 Å². The highest BCUT2D eigenvalue weighted by Gasteiger charge is 2.33. The first-order chi connectivity index (χ1) is 9.92. The lowest BCUT2D eigenvalue weighted by Crippen LogP contribution is -2.50. The standard InChI is InChI=1S/C15H23N3O3/c1-15(2,3)21-14(19)18-9-8-16-10-11(18)13-12(20-4)6-5-7-17-13/h5-7,11,16H,8-10H2,1-4H3. The third-order valence-electron chi connectivity index (χ3n) is 3.21. The second-order valence-corrected chi connectivity index (χ2v) is 5.98. The molecular formula is C15H23N3O3. The van der Waals surface area contributed by atoms with Crippen molar-refractivity contribution in [2.24, 2.45) is 0 Å². The number of aromatic nitrogens is 1. The fourth-order valence-corrected chi connectivity index (χ4v) is 2.31. The van der Waals surface area contributed by atoms with Gasteiger partial charge in [0.25, 0.3) is 0 Å². The molecule has 1 amide bonds. The molecule has 1 unspecified atom stereocenters. The molecule has 116 valence electrons. The molecule has 1 fully saturated rings. The lowest BCUT2D eigenvalue weighted by molar-refractivity contribution is 0.0111. The van der Waals surface area contributed by atoms with E-state index in [1.807, 2.05) is 32.9 Å². The van der Waals surface area contributed by atoms with Crippen molar-refractivity contribution >= 4 is 6.09 Å². The Labute approximate surface area is 125 Å². The number of hydrogen-bond acceptors (Lipinski definition) is 5. The summed E-state index contributed by atoms with van der Waals surface area (Å²) in [6.07, 6.45) is 1.39. The Morgan fingerprint density at radius 3 is 2.90 bits per heavy atom.